The lowest BCUT2D eigenvalue weighted by atomic mass is 10.1. The van der Waals surface area contributed by atoms with E-state index in [4.69, 9.17) is 0 Å². The number of aryl methyl sites for hydroxylation is 1. The van der Waals surface area contributed by atoms with E-state index in [1.807, 2.05) is 18.7 Å². The minimum Gasteiger partial charge on any atom is -0.313 e. The first-order valence-corrected chi connectivity index (χ1v) is 6.48. The van der Waals surface area contributed by atoms with Gasteiger partial charge in [-0.1, -0.05) is 6.42 Å². The molecule has 4 heteroatoms. The molecule has 82 valence electrons. The summed E-state index contributed by atoms with van der Waals surface area (Å²) in [4.78, 5) is 8.57. The van der Waals surface area contributed by atoms with Gasteiger partial charge in [0.1, 0.15) is 5.03 Å². The third-order valence-electron chi connectivity index (χ3n) is 2.67. The van der Waals surface area contributed by atoms with Crippen molar-refractivity contribution in [2.24, 2.45) is 0 Å². The molecule has 0 aromatic carbocycles. The van der Waals surface area contributed by atoms with Crippen molar-refractivity contribution in [2.45, 2.75) is 37.3 Å². The first-order chi connectivity index (χ1) is 7.36. The smallest absolute Gasteiger partial charge is 0.117 e. The molecule has 1 atom stereocenters. The first-order valence-electron chi connectivity index (χ1n) is 5.50. The fourth-order valence-electron chi connectivity index (χ4n) is 1.78. The molecule has 1 aliphatic rings. The number of nitrogens with one attached hydrogen (secondary N) is 1. The van der Waals surface area contributed by atoms with Crippen molar-refractivity contribution < 1.29 is 0 Å². The van der Waals surface area contributed by atoms with Gasteiger partial charge in [0.15, 0.2) is 0 Å². The van der Waals surface area contributed by atoms with Crippen molar-refractivity contribution in [1.82, 2.24) is 15.3 Å². The summed E-state index contributed by atoms with van der Waals surface area (Å²) in [5, 5.41) is 4.61. The van der Waals surface area contributed by atoms with Gasteiger partial charge in [-0.3, -0.25) is 4.98 Å². The minimum atomic E-state index is 0.658. The fourth-order valence-corrected chi connectivity index (χ4v) is 2.82. The van der Waals surface area contributed by atoms with Crippen LogP contribution in [0.2, 0.25) is 0 Å². The third kappa shape index (κ3) is 3.18. The van der Waals surface area contributed by atoms with Gasteiger partial charge in [-0.2, -0.15) is 0 Å². The molecule has 0 unspecified atom stereocenters. The highest BCUT2D eigenvalue weighted by molar-refractivity contribution is 7.99. The predicted molar refractivity (Wildman–Crippen MR) is 63.1 cm³/mol. The summed E-state index contributed by atoms with van der Waals surface area (Å²) >= 11 is 1.82. The van der Waals surface area contributed by atoms with E-state index < -0.39 is 0 Å². The van der Waals surface area contributed by atoms with E-state index in [0.29, 0.717) is 6.04 Å². The van der Waals surface area contributed by atoms with Crippen molar-refractivity contribution in [2.75, 3.05) is 12.3 Å². The standard InChI is InChI=1S/C11H17N3S/c1-9-11(14-7-6-12-9)15-8-10-4-2-3-5-13-10/h6-7,10,13H,2-5,8H2,1H3/t10-/m1/s1. The molecule has 3 nitrogen and oxygen atoms in total. The highest BCUT2D eigenvalue weighted by Crippen LogP contribution is 2.20. The molecular weight excluding hydrogens is 206 g/mol. The van der Waals surface area contributed by atoms with Crippen LogP contribution in [-0.2, 0) is 0 Å². The summed E-state index contributed by atoms with van der Waals surface area (Å²) in [5.74, 6) is 1.11. The Morgan fingerprint density at radius 2 is 2.27 bits per heavy atom. The van der Waals surface area contributed by atoms with Crippen LogP contribution in [-0.4, -0.2) is 28.3 Å². The zero-order chi connectivity index (χ0) is 10.5. The molecular formula is C11H17N3S. The van der Waals surface area contributed by atoms with Crippen LogP contribution in [0.1, 0.15) is 25.0 Å². The number of nitrogens with zero attached hydrogens (tertiary/aromatic N) is 2. The Kier molecular flexibility index (Phi) is 3.97. The van der Waals surface area contributed by atoms with Gasteiger partial charge in [0.25, 0.3) is 0 Å². The van der Waals surface area contributed by atoms with Crippen LogP contribution in [0.5, 0.6) is 0 Å². The van der Waals surface area contributed by atoms with Crippen molar-refractivity contribution in [3.63, 3.8) is 0 Å². The maximum absolute atomic E-state index is 4.34. The summed E-state index contributed by atoms with van der Waals surface area (Å²) in [5.41, 5.74) is 1.04. The van der Waals surface area contributed by atoms with E-state index in [-0.39, 0.29) is 0 Å². The Bertz CT molecular complexity index is 310. The molecule has 0 spiro atoms. The molecule has 0 aliphatic carbocycles. The van der Waals surface area contributed by atoms with Gasteiger partial charge in [-0.15, -0.1) is 11.8 Å². The van der Waals surface area contributed by atoms with Crippen LogP contribution >= 0.6 is 11.8 Å². The lowest BCUT2D eigenvalue weighted by Gasteiger charge is -2.22. The third-order valence-corrected chi connectivity index (χ3v) is 3.91. The number of piperidine rings is 1. The highest BCUT2D eigenvalue weighted by atomic mass is 32.2. The fraction of sp³-hybridized carbons (Fsp3) is 0.636. The number of rotatable bonds is 3. The van der Waals surface area contributed by atoms with Crippen LogP contribution < -0.4 is 5.32 Å². The molecule has 1 fully saturated rings. The Morgan fingerprint density at radius 3 is 3.00 bits per heavy atom. The molecule has 0 amide bonds. The van der Waals surface area contributed by atoms with Crippen LogP contribution in [0.3, 0.4) is 0 Å². The summed E-state index contributed by atoms with van der Waals surface area (Å²) in [6.07, 6.45) is 7.50. The monoisotopic (exact) mass is 223 g/mol. The Balaban J connectivity index is 1.84. The molecule has 0 radical (unpaired) electrons. The molecule has 1 aliphatic heterocycles. The van der Waals surface area contributed by atoms with E-state index in [1.54, 1.807) is 12.4 Å². The van der Waals surface area contributed by atoms with Gasteiger partial charge in [0.05, 0.1) is 5.69 Å². The second kappa shape index (κ2) is 5.47. The van der Waals surface area contributed by atoms with E-state index in [1.165, 1.54) is 25.8 Å². The van der Waals surface area contributed by atoms with E-state index in [0.717, 1.165) is 16.5 Å². The first kappa shape index (κ1) is 10.9. The van der Waals surface area contributed by atoms with Crippen LogP contribution in [0.25, 0.3) is 0 Å². The quantitative estimate of drug-likeness (QED) is 0.796. The lowest BCUT2D eigenvalue weighted by molar-refractivity contribution is 0.430. The van der Waals surface area contributed by atoms with Gasteiger partial charge < -0.3 is 5.32 Å². The van der Waals surface area contributed by atoms with Crippen molar-refractivity contribution >= 4 is 11.8 Å². The number of aromatic nitrogens is 2. The molecule has 2 rings (SSSR count). The van der Waals surface area contributed by atoms with Crippen LogP contribution in [0.4, 0.5) is 0 Å². The van der Waals surface area contributed by atoms with Crippen LogP contribution in [0, 0.1) is 6.92 Å². The molecule has 2 heterocycles. The molecule has 0 bridgehead atoms. The van der Waals surface area contributed by atoms with Gasteiger partial charge in [0.2, 0.25) is 0 Å². The normalized spacial score (nSPS) is 21.5. The topological polar surface area (TPSA) is 37.8 Å². The maximum Gasteiger partial charge on any atom is 0.117 e. The minimum absolute atomic E-state index is 0.658. The molecule has 0 saturated carbocycles. The van der Waals surface area contributed by atoms with E-state index in [9.17, 15) is 0 Å². The molecule has 1 aromatic heterocycles. The van der Waals surface area contributed by atoms with Gasteiger partial charge in [-0.05, 0) is 26.3 Å². The number of hydrogen-bond donors (Lipinski definition) is 1. The highest BCUT2D eigenvalue weighted by Gasteiger charge is 2.13. The summed E-state index contributed by atoms with van der Waals surface area (Å²) in [6, 6.07) is 0.658. The van der Waals surface area contributed by atoms with E-state index >= 15 is 0 Å². The number of thioether (sulfide) groups is 1. The zero-order valence-electron chi connectivity index (χ0n) is 9.07. The maximum atomic E-state index is 4.34. The predicted octanol–water partition coefficient (Wildman–Crippen LogP) is 2.02. The SMILES string of the molecule is Cc1nccnc1SC[C@H]1CCCCN1. The second-order valence-corrected chi connectivity index (χ2v) is 4.91. The van der Waals surface area contributed by atoms with Gasteiger partial charge >= 0.3 is 0 Å². The summed E-state index contributed by atoms with van der Waals surface area (Å²) < 4.78 is 0. The summed E-state index contributed by atoms with van der Waals surface area (Å²) in [7, 11) is 0. The molecule has 15 heavy (non-hydrogen) atoms. The van der Waals surface area contributed by atoms with Gasteiger partial charge in [0, 0.05) is 24.2 Å². The zero-order valence-corrected chi connectivity index (χ0v) is 9.89. The Hall–Kier alpha value is -0.610. The molecule has 1 N–H and O–H groups in total. The molecule has 1 saturated heterocycles. The lowest BCUT2D eigenvalue weighted by Crippen LogP contribution is -2.35. The van der Waals surface area contributed by atoms with Crippen LogP contribution in [0.15, 0.2) is 17.4 Å². The Morgan fingerprint density at radius 1 is 1.40 bits per heavy atom. The van der Waals surface area contributed by atoms with E-state index in [2.05, 4.69) is 15.3 Å². The van der Waals surface area contributed by atoms with Gasteiger partial charge in [-0.25, -0.2) is 4.98 Å². The largest absolute Gasteiger partial charge is 0.313 e. The molecule has 1 aromatic rings. The number of hydrogen-bond acceptors (Lipinski definition) is 4. The average molecular weight is 223 g/mol. The summed E-state index contributed by atoms with van der Waals surface area (Å²) in [6.45, 7) is 3.19. The average Bonchev–Trinajstić information content (AvgIpc) is 2.29. The van der Waals surface area contributed by atoms with Crippen molar-refractivity contribution in [3.8, 4) is 0 Å². The van der Waals surface area contributed by atoms with Crippen molar-refractivity contribution in [1.29, 1.82) is 0 Å². The van der Waals surface area contributed by atoms with Crippen molar-refractivity contribution in [3.05, 3.63) is 18.1 Å². The second-order valence-electron chi connectivity index (χ2n) is 3.90. The Labute approximate surface area is 95.1 Å².